The Bertz CT molecular complexity index is 1160. The van der Waals surface area contributed by atoms with Gasteiger partial charge in [0, 0.05) is 22.2 Å². The van der Waals surface area contributed by atoms with Crippen LogP contribution in [0.1, 0.15) is 34.1 Å². The minimum atomic E-state index is -3.55. The molecule has 3 aromatic rings. The summed E-state index contributed by atoms with van der Waals surface area (Å²) < 4.78 is 33.2. The first-order valence-electron chi connectivity index (χ1n) is 9.49. The lowest BCUT2D eigenvalue weighted by molar-refractivity contribution is -0.117. The zero-order valence-electron chi connectivity index (χ0n) is 16.3. The SMILES string of the molecule is Cc1noc(/C=C/c2ccc(S(=O)(=O)NCCc3cccs3)s2)c1NC(=O)C1CC1. The summed E-state index contributed by atoms with van der Waals surface area (Å²) in [5.41, 5.74) is 1.16. The van der Waals surface area contributed by atoms with E-state index in [9.17, 15) is 13.2 Å². The van der Waals surface area contributed by atoms with Gasteiger partial charge in [-0.3, -0.25) is 4.79 Å². The number of aromatic nitrogens is 1. The summed E-state index contributed by atoms with van der Waals surface area (Å²) in [4.78, 5) is 13.9. The summed E-state index contributed by atoms with van der Waals surface area (Å²) in [6.45, 7) is 2.12. The number of hydrogen-bond acceptors (Lipinski definition) is 7. The maximum absolute atomic E-state index is 12.5. The summed E-state index contributed by atoms with van der Waals surface area (Å²) in [6.07, 6.45) is 5.93. The third-order valence-corrected chi connectivity index (χ3v) is 8.53. The number of nitrogens with one attached hydrogen (secondary N) is 2. The summed E-state index contributed by atoms with van der Waals surface area (Å²) >= 11 is 2.77. The molecule has 3 aromatic heterocycles. The van der Waals surface area contributed by atoms with Gasteiger partial charge in [0.1, 0.15) is 15.6 Å². The van der Waals surface area contributed by atoms with Crippen molar-refractivity contribution in [1.29, 1.82) is 0 Å². The minimum absolute atomic E-state index is 0.0194. The van der Waals surface area contributed by atoms with E-state index < -0.39 is 10.0 Å². The van der Waals surface area contributed by atoms with Gasteiger partial charge in [0.25, 0.3) is 0 Å². The molecule has 0 aromatic carbocycles. The third-order valence-electron chi connectivity index (χ3n) is 4.60. The molecule has 1 aliphatic carbocycles. The van der Waals surface area contributed by atoms with Crippen LogP contribution >= 0.6 is 22.7 Å². The maximum Gasteiger partial charge on any atom is 0.250 e. The van der Waals surface area contributed by atoms with Crippen LogP contribution in [0.2, 0.25) is 0 Å². The number of hydrogen-bond donors (Lipinski definition) is 2. The highest BCUT2D eigenvalue weighted by atomic mass is 32.2. The van der Waals surface area contributed by atoms with Crippen LogP contribution in [0, 0.1) is 12.8 Å². The smallest absolute Gasteiger partial charge is 0.250 e. The molecular formula is C20H21N3O4S3. The van der Waals surface area contributed by atoms with Crippen LogP contribution in [-0.2, 0) is 21.2 Å². The molecule has 1 amide bonds. The van der Waals surface area contributed by atoms with E-state index in [-0.39, 0.29) is 16.0 Å². The Morgan fingerprint density at radius 3 is 2.87 bits per heavy atom. The summed E-state index contributed by atoms with van der Waals surface area (Å²) in [5, 5.41) is 8.76. The molecule has 0 radical (unpaired) electrons. The second kappa shape index (κ2) is 8.84. The molecule has 0 saturated heterocycles. The summed E-state index contributed by atoms with van der Waals surface area (Å²) in [6, 6.07) is 7.25. The number of carbonyl (C=O) groups excluding carboxylic acids is 1. The van der Waals surface area contributed by atoms with Gasteiger partial charge in [0.2, 0.25) is 15.9 Å². The average molecular weight is 464 g/mol. The number of amides is 1. The second-order valence-electron chi connectivity index (χ2n) is 6.99. The van der Waals surface area contributed by atoms with Gasteiger partial charge in [-0.25, -0.2) is 13.1 Å². The number of nitrogens with zero attached hydrogens (tertiary/aromatic N) is 1. The van der Waals surface area contributed by atoms with Crippen molar-refractivity contribution in [2.45, 2.75) is 30.4 Å². The molecule has 10 heteroatoms. The molecule has 1 fully saturated rings. The Hall–Kier alpha value is -2.27. The van der Waals surface area contributed by atoms with E-state index in [2.05, 4.69) is 15.2 Å². The first-order chi connectivity index (χ1) is 14.4. The lowest BCUT2D eigenvalue weighted by Crippen LogP contribution is -2.25. The fourth-order valence-corrected chi connectivity index (χ4v) is 5.80. The van der Waals surface area contributed by atoms with Crippen LogP contribution in [0.25, 0.3) is 12.2 Å². The molecule has 7 nitrogen and oxygen atoms in total. The Kier molecular flexibility index (Phi) is 6.19. The second-order valence-corrected chi connectivity index (χ2v) is 11.1. The number of carbonyl (C=O) groups is 1. The van der Waals surface area contributed by atoms with E-state index in [0.29, 0.717) is 30.1 Å². The highest BCUT2D eigenvalue weighted by Gasteiger charge is 2.30. The van der Waals surface area contributed by atoms with Crippen LogP contribution < -0.4 is 10.0 Å². The normalized spacial score (nSPS) is 14.4. The highest BCUT2D eigenvalue weighted by Crippen LogP contribution is 2.32. The van der Waals surface area contributed by atoms with Crippen molar-refractivity contribution in [3.8, 4) is 0 Å². The molecule has 1 aliphatic rings. The number of sulfonamides is 1. The topological polar surface area (TPSA) is 101 Å². The Morgan fingerprint density at radius 2 is 2.13 bits per heavy atom. The van der Waals surface area contributed by atoms with Crippen molar-refractivity contribution in [3.63, 3.8) is 0 Å². The quantitative estimate of drug-likeness (QED) is 0.496. The molecule has 0 bridgehead atoms. The van der Waals surface area contributed by atoms with Gasteiger partial charge in [-0.1, -0.05) is 11.2 Å². The van der Waals surface area contributed by atoms with Gasteiger partial charge in [-0.2, -0.15) is 0 Å². The molecule has 158 valence electrons. The van der Waals surface area contributed by atoms with Crippen LogP contribution in [-0.4, -0.2) is 26.0 Å². The van der Waals surface area contributed by atoms with Crippen molar-refractivity contribution >= 4 is 56.4 Å². The molecule has 4 rings (SSSR count). The van der Waals surface area contributed by atoms with Gasteiger partial charge in [0.15, 0.2) is 5.76 Å². The van der Waals surface area contributed by atoms with Gasteiger partial charge in [-0.05, 0) is 61.9 Å². The number of thiophene rings is 2. The van der Waals surface area contributed by atoms with Gasteiger partial charge < -0.3 is 9.84 Å². The van der Waals surface area contributed by atoms with Gasteiger partial charge >= 0.3 is 0 Å². The monoisotopic (exact) mass is 463 g/mol. The summed E-state index contributed by atoms with van der Waals surface area (Å²) in [7, 11) is -3.55. The molecule has 0 atom stereocenters. The van der Waals surface area contributed by atoms with E-state index in [1.165, 1.54) is 0 Å². The van der Waals surface area contributed by atoms with Crippen LogP contribution in [0.3, 0.4) is 0 Å². The first-order valence-corrected chi connectivity index (χ1v) is 12.7. The van der Waals surface area contributed by atoms with E-state index in [1.807, 2.05) is 17.5 Å². The van der Waals surface area contributed by atoms with Crippen molar-refractivity contribution in [2.24, 2.45) is 5.92 Å². The van der Waals surface area contributed by atoms with Crippen molar-refractivity contribution in [3.05, 3.63) is 50.9 Å². The lowest BCUT2D eigenvalue weighted by Gasteiger charge is -2.03. The van der Waals surface area contributed by atoms with Gasteiger partial charge in [0.05, 0.1) is 0 Å². The van der Waals surface area contributed by atoms with Crippen LogP contribution in [0.4, 0.5) is 5.69 Å². The fraction of sp³-hybridized carbons (Fsp3) is 0.300. The fourth-order valence-electron chi connectivity index (χ4n) is 2.78. The molecule has 0 spiro atoms. The number of anilines is 1. The first kappa shape index (κ1) is 21.0. The molecule has 3 heterocycles. The lowest BCUT2D eigenvalue weighted by atomic mass is 10.2. The highest BCUT2D eigenvalue weighted by molar-refractivity contribution is 7.91. The standard InChI is InChI=1S/C20H21N3O4S3/c1-13-19(22-20(24)14-4-5-14)17(27-23-13)8-6-16-7-9-18(29-16)30(25,26)21-11-10-15-3-2-12-28-15/h2-3,6-9,12,14,21H,4-5,10-11H2,1H3,(H,22,24)/b8-6+. The molecular weight excluding hydrogens is 442 g/mol. The molecule has 0 unspecified atom stereocenters. The van der Waals surface area contributed by atoms with E-state index in [4.69, 9.17) is 4.52 Å². The maximum atomic E-state index is 12.5. The third kappa shape index (κ3) is 5.07. The Balaban J connectivity index is 1.40. The predicted octanol–water partition coefficient (Wildman–Crippen LogP) is 4.15. The van der Waals surface area contributed by atoms with Crippen molar-refractivity contribution < 1.29 is 17.7 Å². The average Bonchev–Trinajstić information content (AvgIpc) is 3.09. The van der Waals surface area contributed by atoms with E-state index in [1.54, 1.807) is 42.5 Å². The van der Waals surface area contributed by atoms with Crippen molar-refractivity contribution in [2.75, 3.05) is 11.9 Å². The van der Waals surface area contributed by atoms with Crippen LogP contribution in [0.15, 0.2) is 38.4 Å². The van der Waals surface area contributed by atoms with Crippen LogP contribution in [0.5, 0.6) is 0 Å². The molecule has 0 aliphatic heterocycles. The molecule has 30 heavy (non-hydrogen) atoms. The summed E-state index contributed by atoms with van der Waals surface area (Å²) in [5.74, 6) is 0.496. The zero-order chi connectivity index (χ0) is 21.1. The zero-order valence-corrected chi connectivity index (χ0v) is 18.7. The van der Waals surface area contributed by atoms with E-state index >= 15 is 0 Å². The Labute approximate surface area is 182 Å². The predicted molar refractivity (Wildman–Crippen MR) is 119 cm³/mol. The molecule has 1 saturated carbocycles. The largest absolute Gasteiger partial charge is 0.354 e. The van der Waals surface area contributed by atoms with E-state index in [0.717, 1.165) is 33.9 Å². The number of rotatable bonds is 9. The minimum Gasteiger partial charge on any atom is -0.354 e. The molecule has 2 N–H and O–H groups in total. The number of aryl methyl sites for hydroxylation is 1. The van der Waals surface area contributed by atoms with Crippen molar-refractivity contribution in [1.82, 2.24) is 9.88 Å². The Morgan fingerprint density at radius 1 is 1.30 bits per heavy atom. The van der Waals surface area contributed by atoms with Gasteiger partial charge in [-0.15, -0.1) is 22.7 Å².